The molecule has 3 aromatic heterocycles. The Balaban J connectivity index is 1.17. The molecule has 0 radical (unpaired) electrons. The number of nitrogens with two attached hydrogens (primary N) is 1. The highest BCUT2D eigenvalue weighted by molar-refractivity contribution is 6.30. The molecule has 1 unspecified atom stereocenters. The summed E-state index contributed by atoms with van der Waals surface area (Å²) < 4.78 is 1.99. The van der Waals surface area contributed by atoms with Gasteiger partial charge in [0, 0.05) is 17.1 Å². The number of nitrogen functional groups attached to an aromatic ring is 1. The van der Waals surface area contributed by atoms with E-state index in [9.17, 15) is 0 Å². The molecule has 2 aromatic carbocycles. The van der Waals surface area contributed by atoms with Crippen LogP contribution in [0.25, 0.3) is 11.2 Å². The molecule has 0 spiro atoms. The Morgan fingerprint density at radius 2 is 1.79 bits per heavy atom. The van der Waals surface area contributed by atoms with Crippen molar-refractivity contribution in [1.82, 2.24) is 30.2 Å². The van der Waals surface area contributed by atoms with Crippen LogP contribution in [0.3, 0.4) is 0 Å². The molecule has 3 heterocycles. The second-order valence-corrected chi connectivity index (χ2v) is 11.3. The van der Waals surface area contributed by atoms with Crippen LogP contribution in [0, 0.1) is 5.92 Å². The van der Waals surface area contributed by atoms with E-state index in [4.69, 9.17) is 22.4 Å². The number of H-pyrrole nitrogens is 1. The number of benzene rings is 2. The third-order valence-corrected chi connectivity index (χ3v) is 8.51. The summed E-state index contributed by atoms with van der Waals surface area (Å²) in [6, 6.07) is 20.9. The molecule has 0 bridgehead atoms. The molecule has 8 heteroatoms. The van der Waals surface area contributed by atoms with Gasteiger partial charge >= 0.3 is 0 Å². The van der Waals surface area contributed by atoms with Gasteiger partial charge in [-0.3, -0.25) is 4.68 Å². The molecule has 1 fully saturated rings. The average Bonchev–Trinajstić information content (AvgIpc) is 3.63. The Morgan fingerprint density at radius 1 is 1.00 bits per heavy atom. The molecule has 0 amide bonds. The second kappa shape index (κ2) is 11.6. The van der Waals surface area contributed by atoms with Crippen LogP contribution in [0.1, 0.15) is 79.0 Å². The zero-order chi connectivity index (χ0) is 26.6. The summed E-state index contributed by atoms with van der Waals surface area (Å²) >= 11 is 6.07. The number of hydrogen-bond donors (Lipinski definition) is 2. The Morgan fingerprint density at radius 3 is 2.59 bits per heavy atom. The van der Waals surface area contributed by atoms with E-state index in [0.29, 0.717) is 23.9 Å². The van der Waals surface area contributed by atoms with Crippen LogP contribution >= 0.6 is 11.6 Å². The number of pyridine rings is 1. The van der Waals surface area contributed by atoms with Gasteiger partial charge in [0.2, 0.25) is 5.65 Å². The molecule has 6 rings (SSSR count). The maximum absolute atomic E-state index is 6.20. The summed E-state index contributed by atoms with van der Waals surface area (Å²) in [5.41, 5.74) is 12.4. The van der Waals surface area contributed by atoms with E-state index < -0.39 is 0 Å². The maximum atomic E-state index is 6.20. The van der Waals surface area contributed by atoms with Gasteiger partial charge in [-0.1, -0.05) is 66.9 Å². The SMILES string of the molecule is Nc1cc(C(CCCC2CCC(c3ccccc3)CC2)c2cnn(Cc3ccc(Cl)cc3)c2)c2n[nH]nc2n1. The monoisotopic (exact) mass is 539 g/mol. The van der Waals surface area contributed by atoms with Crippen molar-refractivity contribution in [3.8, 4) is 0 Å². The van der Waals surface area contributed by atoms with E-state index in [0.717, 1.165) is 46.0 Å². The van der Waals surface area contributed by atoms with Crippen LogP contribution in [0.4, 0.5) is 5.82 Å². The zero-order valence-electron chi connectivity index (χ0n) is 22.0. The third kappa shape index (κ3) is 5.98. The molecule has 0 saturated heterocycles. The first-order valence-electron chi connectivity index (χ1n) is 13.9. The largest absolute Gasteiger partial charge is 0.384 e. The molecular weight excluding hydrogens is 506 g/mol. The van der Waals surface area contributed by atoms with Crippen LogP contribution in [0.2, 0.25) is 5.02 Å². The number of hydrogen-bond acceptors (Lipinski definition) is 5. The molecule has 39 heavy (non-hydrogen) atoms. The number of halogens is 1. The molecule has 1 aliphatic rings. The first-order valence-corrected chi connectivity index (χ1v) is 14.3. The number of fused-ring (bicyclic) bond motifs is 1. The first kappa shape index (κ1) is 25.6. The van der Waals surface area contributed by atoms with Crippen LogP contribution in [-0.2, 0) is 6.54 Å². The second-order valence-electron chi connectivity index (χ2n) is 10.8. The molecular formula is C31H34ClN7. The molecule has 200 valence electrons. The fourth-order valence-corrected chi connectivity index (χ4v) is 6.32. The van der Waals surface area contributed by atoms with Crippen molar-refractivity contribution < 1.29 is 0 Å². The first-order chi connectivity index (χ1) is 19.1. The molecule has 5 aromatic rings. The summed E-state index contributed by atoms with van der Waals surface area (Å²) in [5, 5.41) is 16.8. The average molecular weight is 540 g/mol. The number of nitrogens with zero attached hydrogens (tertiary/aromatic N) is 5. The minimum atomic E-state index is 0.113. The number of aromatic amines is 1. The van der Waals surface area contributed by atoms with Gasteiger partial charge in [-0.25, -0.2) is 4.98 Å². The molecule has 7 nitrogen and oxygen atoms in total. The minimum Gasteiger partial charge on any atom is -0.384 e. The minimum absolute atomic E-state index is 0.113. The summed E-state index contributed by atoms with van der Waals surface area (Å²) in [4.78, 5) is 4.37. The maximum Gasteiger partial charge on any atom is 0.203 e. The molecule has 1 saturated carbocycles. The molecule has 0 aliphatic heterocycles. The van der Waals surface area contributed by atoms with Gasteiger partial charge in [-0.05, 0) is 84.4 Å². The fraction of sp³-hybridized carbons (Fsp3) is 0.355. The van der Waals surface area contributed by atoms with E-state index in [1.165, 1.54) is 37.7 Å². The van der Waals surface area contributed by atoms with E-state index in [1.807, 2.05) is 41.2 Å². The van der Waals surface area contributed by atoms with Gasteiger partial charge in [0.25, 0.3) is 0 Å². The van der Waals surface area contributed by atoms with Gasteiger partial charge in [0.05, 0.1) is 12.7 Å². The lowest BCUT2D eigenvalue weighted by atomic mass is 9.76. The fourth-order valence-electron chi connectivity index (χ4n) is 6.19. The predicted octanol–water partition coefficient (Wildman–Crippen LogP) is 7.11. The van der Waals surface area contributed by atoms with Crippen molar-refractivity contribution in [2.24, 2.45) is 5.92 Å². The Bertz CT molecular complexity index is 1500. The quantitative estimate of drug-likeness (QED) is 0.208. The Kier molecular flexibility index (Phi) is 7.59. The van der Waals surface area contributed by atoms with Crippen molar-refractivity contribution in [2.45, 2.75) is 63.3 Å². The third-order valence-electron chi connectivity index (χ3n) is 8.25. The van der Waals surface area contributed by atoms with Crippen LogP contribution < -0.4 is 5.73 Å². The van der Waals surface area contributed by atoms with Crippen molar-refractivity contribution in [1.29, 1.82) is 0 Å². The van der Waals surface area contributed by atoms with Crippen LogP contribution in [0.15, 0.2) is 73.1 Å². The highest BCUT2D eigenvalue weighted by Crippen LogP contribution is 2.39. The van der Waals surface area contributed by atoms with Crippen LogP contribution in [0.5, 0.6) is 0 Å². The van der Waals surface area contributed by atoms with Gasteiger partial charge in [-0.2, -0.15) is 15.4 Å². The summed E-state index contributed by atoms with van der Waals surface area (Å²) in [6.07, 6.45) is 12.7. The molecule has 1 aliphatic carbocycles. The van der Waals surface area contributed by atoms with Gasteiger partial charge in [0.15, 0.2) is 0 Å². The van der Waals surface area contributed by atoms with E-state index >= 15 is 0 Å². The van der Waals surface area contributed by atoms with Crippen molar-refractivity contribution in [2.75, 3.05) is 5.73 Å². The van der Waals surface area contributed by atoms with Crippen molar-refractivity contribution in [3.63, 3.8) is 0 Å². The predicted molar refractivity (Wildman–Crippen MR) is 156 cm³/mol. The number of rotatable bonds is 9. The van der Waals surface area contributed by atoms with Crippen LogP contribution in [-0.4, -0.2) is 30.2 Å². The standard InChI is InChI=1S/C31H34ClN7/c32-26-15-11-22(12-16-26)19-39-20-25(18-34-39)27(28-17-29(33)35-31-30(28)36-38-37-31)8-4-5-21-9-13-24(14-10-21)23-6-2-1-3-7-23/h1-3,6-7,11-12,15-18,20-21,24,27H,4-5,8-10,13-14,19H2,(H3,33,35,36,37,38). The van der Waals surface area contributed by atoms with Gasteiger partial charge in [-0.15, -0.1) is 5.10 Å². The van der Waals surface area contributed by atoms with E-state index in [2.05, 4.69) is 56.9 Å². The van der Waals surface area contributed by atoms with Gasteiger partial charge in [0.1, 0.15) is 11.3 Å². The van der Waals surface area contributed by atoms with E-state index in [-0.39, 0.29) is 5.92 Å². The lowest BCUT2D eigenvalue weighted by molar-refractivity contribution is 0.301. The number of nitrogens with one attached hydrogen (secondary N) is 1. The number of aromatic nitrogens is 6. The topological polar surface area (TPSA) is 98.3 Å². The smallest absolute Gasteiger partial charge is 0.203 e. The highest BCUT2D eigenvalue weighted by Gasteiger charge is 2.25. The molecule has 1 atom stereocenters. The lowest BCUT2D eigenvalue weighted by Gasteiger charge is -2.29. The van der Waals surface area contributed by atoms with Gasteiger partial charge < -0.3 is 5.73 Å². The Labute approximate surface area is 233 Å². The summed E-state index contributed by atoms with van der Waals surface area (Å²) in [6.45, 7) is 0.687. The summed E-state index contributed by atoms with van der Waals surface area (Å²) in [5.74, 6) is 2.07. The van der Waals surface area contributed by atoms with Crippen molar-refractivity contribution in [3.05, 3.63) is 100 Å². The summed E-state index contributed by atoms with van der Waals surface area (Å²) in [7, 11) is 0. The van der Waals surface area contributed by atoms with E-state index in [1.54, 1.807) is 0 Å². The Hall–Kier alpha value is -3.71. The highest BCUT2D eigenvalue weighted by atomic mass is 35.5. The zero-order valence-corrected chi connectivity index (χ0v) is 22.8. The van der Waals surface area contributed by atoms with Crippen molar-refractivity contribution >= 4 is 28.6 Å². The lowest BCUT2D eigenvalue weighted by Crippen LogP contribution is -2.14. The number of anilines is 1. The normalized spacial score (nSPS) is 18.4. The molecule has 3 N–H and O–H groups in total.